The van der Waals surface area contributed by atoms with E-state index in [2.05, 4.69) is 36.7 Å². The molecule has 0 spiro atoms. The quantitative estimate of drug-likeness (QED) is 0.0216. The van der Waals surface area contributed by atoms with Crippen LogP contribution in [0.4, 0.5) is 0 Å². The number of carbonyl (C=O) groups is 4. The Hall–Kier alpha value is -1.25. The van der Waals surface area contributed by atoms with Gasteiger partial charge in [0.15, 0.2) is 3.78 Å². The molecule has 0 aliphatic heterocycles. The van der Waals surface area contributed by atoms with E-state index in [1.165, 1.54) is 0 Å². The highest BCUT2D eigenvalue weighted by Crippen LogP contribution is 2.05. The first kappa shape index (κ1) is 59.1. The van der Waals surface area contributed by atoms with Crippen LogP contribution >= 0.6 is 83.1 Å². The standard InChI is InChI=1S/C18H28Cl2O7S2.C16H30O7.CCl2S/c19-17(28)26-9-5-1-3-7-15(21)24-13-11-23-12-14-25-16(22)8-4-2-6-10-27-18(20)29;17-9-5-1-3-7-15(19)22-13-11-21-12-14-23-16(20)8-4-2-6-10-18;2-1(3)4/h1-14H2;17-18H,1-14H2;. The van der Waals surface area contributed by atoms with Crippen LogP contribution in [0, 0.1) is 0 Å². The third-order valence-corrected chi connectivity index (χ3v) is 6.98. The Morgan fingerprint density at radius 1 is 0.357 bits per heavy atom. The van der Waals surface area contributed by atoms with Crippen LogP contribution in [0.2, 0.25) is 0 Å². The fraction of sp³-hybridized carbons (Fsp3) is 0.800. The lowest BCUT2D eigenvalue weighted by Gasteiger charge is -2.07. The van der Waals surface area contributed by atoms with Crippen molar-refractivity contribution < 1.29 is 67.3 Å². The molecule has 0 aromatic rings. The third kappa shape index (κ3) is 59.4. The SMILES string of the molecule is O=C(CCCCCO)OCCOCCOC(=O)CCCCCO.O=C(CCCCCOC(=S)Cl)OCCOCCOC(=O)CCCCCOC(=S)Cl.S=C(Cl)Cl. The molecule has 14 nitrogen and oxygen atoms in total. The van der Waals surface area contributed by atoms with Crippen molar-refractivity contribution in [2.75, 3.05) is 79.3 Å². The van der Waals surface area contributed by atoms with Gasteiger partial charge < -0.3 is 48.1 Å². The number of hydrogen-bond acceptors (Lipinski definition) is 17. The summed E-state index contributed by atoms with van der Waals surface area (Å²) in [5, 5.41) is 17.2. The normalized spacial score (nSPS) is 10.1. The Bertz CT molecular complexity index is 958. The van der Waals surface area contributed by atoms with E-state index in [0.29, 0.717) is 77.4 Å². The van der Waals surface area contributed by atoms with Gasteiger partial charge >= 0.3 is 23.9 Å². The van der Waals surface area contributed by atoms with Crippen molar-refractivity contribution in [3.8, 4) is 0 Å². The number of esters is 4. The van der Waals surface area contributed by atoms with Crippen molar-refractivity contribution in [2.45, 2.75) is 103 Å². The van der Waals surface area contributed by atoms with Crippen LogP contribution in [0.15, 0.2) is 0 Å². The van der Waals surface area contributed by atoms with E-state index in [1.807, 2.05) is 0 Å². The minimum atomic E-state index is -0.271. The van der Waals surface area contributed by atoms with Crippen molar-refractivity contribution in [3.63, 3.8) is 0 Å². The highest BCUT2D eigenvalue weighted by Gasteiger charge is 2.06. The molecule has 0 saturated heterocycles. The highest BCUT2D eigenvalue weighted by atomic mass is 35.5. The highest BCUT2D eigenvalue weighted by molar-refractivity contribution is 7.86. The number of thiocarbonyl (C=S) groups is 3. The summed E-state index contributed by atoms with van der Waals surface area (Å²) >= 11 is 33.5. The maximum atomic E-state index is 11.5. The van der Waals surface area contributed by atoms with Crippen molar-refractivity contribution >= 4 is 120 Å². The first-order valence-electron chi connectivity index (χ1n) is 18.3. The lowest BCUT2D eigenvalue weighted by atomic mass is 10.2. The van der Waals surface area contributed by atoms with Crippen LogP contribution in [-0.4, -0.2) is 126 Å². The van der Waals surface area contributed by atoms with Gasteiger partial charge in [-0.3, -0.25) is 19.2 Å². The summed E-state index contributed by atoms with van der Waals surface area (Å²) < 4.78 is 40.3. The molecule has 0 atom stereocenters. The van der Waals surface area contributed by atoms with Gasteiger partial charge in [-0.25, -0.2) is 0 Å². The van der Waals surface area contributed by atoms with Crippen molar-refractivity contribution in [3.05, 3.63) is 0 Å². The number of aliphatic hydroxyl groups excluding tert-OH is 2. The molecule has 0 heterocycles. The molecular weight excluding hydrogens is 882 g/mol. The molecule has 0 aliphatic rings. The predicted octanol–water partition coefficient (Wildman–Crippen LogP) is 7.23. The summed E-state index contributed by atoms with van der Waals surface area (Å²) in [7, 11) is 0. The summed E-state index contributed by atoms with van der Waals surface area (Å²) in [6.07, 6.45) is 10.5. The predicted molar refractivity (Wildman–Crippen MR) is 227 cm³/mol. The fourth-order valence-electron chi connectivity index (χ4n) is 3.87. The second-order valence-corrected chi connectivity index (χ2v) is 14.9. The van der Waals surface area contributed by atoms with Gasteiger partial charge in [0.2, 0.25) is 0 Å². The van der Waals surface area contributed by atoms with Crippen LogP contribution in [0.25, 0.3) is 0 Å². The maximum absolute atomic E-state index is 11.5. The van der Waals surface area contributed by atoms with Crippen molar-refractivity contribution in [2.24, 2.45) is 0 Å². The van der Waals surface area contributed by atoms with E-state index in [-0.39, 0.29) is 103 Å². The molecule has 0 amide bonds. The van der Waals surface area contributed by atoms with E-state index in [4.69, 9.17) is 94.5 Å². The maximum Gasteiger partial charge on any atom is 0.305 e. The molecular formula is C35H58Cl4O14S3. The number of ether oxygens (including phenoxy) is 8. The summed E-state index contributed by atoms with van der Waals surface area (Å²) in [6, 6.07) is 0. The monoisotopic (exact) mass is 938 g/mol. The molecule has 0 unspecified atom stereocenters. The number of rotatable bonds is 34. The summed E-state index contributed by atoms with van der Waals surface area (Å²) in [4.78, 5) is 45.7. The molecule has 0 saturated carbocycles. The smallest absolute Gasteiger partial charge is 0.305 e. The van der Waals surface area contributed by atoms with Gasteiger partial charge in [0, 0.05) is 38.9 Å². The molecule has 21 heteroatoms. The molecule has 0 rings (SSSR count). The van der Waals surface area contributed by atoms with E-state index in [9.17, 15) is 19.2 Å². The van der Waals surface area contributed by atoms with Crippen LogP contribution in [0.3, 0.4) is 0 Å². The number of unbranched alkanes of at least 4 members (excludes halogenated alkanes) is 8. The molecule has 0 bridgehead atoms. The molecule has 0 fully saturated rings. The van der Waals surface area contributed by atoms with Crippen LogP contribution in [0.1, 0.15) is 103 Å². The Morgan fingerprint density at radius 2 is 0.607 bits per heavy atom. The van der Waals surface area contributed by atoms with Crippen LogP contribution < -0.4 is 0 Å². The van der Waals surface area contributed by atoms with Crippen LogP contribution in [0.5, 0.6) is 0 Å². The number of hydrogen-bond donors (Lipinski definition) is 2. The molecule has 0 aliphatic carbocycles. The average Bonchev–Trinajstić information content (AvgIpc) is 3.13. The van der Waals surface area contributed by atoms with Gasteiger partial charge in [-0.15, -0.1) is 0 Å². The van der Waals surface area contributed by atoms with Gasteiger partial charge in [0.25, 0.3) is 9.02 Å². The summed E-state index contributed by atoms with van der Waals surface area (Å²) in [6.45, 7) is 2.98. The molecule has 0 radical (unpaired) electrons. The third-order valence-electron chi connectivity index (χ3n) is 6.52. The molecule has 0 aromatic carbocycles. The Kier molecular flexibility index (Phi) is 50.8. The van der Waals surface area contributed by atoms with Gasteiger partial charge in [-0.2, -0.15) is 0 Å². The largest absolute Gasteiger partial charge is 0.475 e. The first-order valence-corrected chi connectivity index (χ1v) is 21.1. The first-order chi connectivity index (χ1) is 26.8. The Labute approximate surface area is 367 Å². The van der Waals surface area contributed by atoms with E-state index >= 15 is 0 Å². The summed E-state index contributed by atoms with van der Waals surface area (Å²) in [5.41, 5.74) is 0. The van der Waals surface area contributed by atoms with E-state index < -0.39 is 0 Å². The number of aliphatic hydroxyl groups is 2. The number of carbonyl (C=O) groups excluding carboxylic acids is 4. The zero-order chi connectivity index (χ0) is 42.5. The minimum absolute atomic E-state index is 0.00877. The molecule has 2 N–H and O–H groups in total. The zero-order valence-corrected chi connectivity index (χ0v) is 37.3. The minimum Gasteiger partial charge on any atom is -0.475 e. The molecule has 328 valence electrons. The fourth-order valence-corrected chi connectivity index (χ4v) is 4.19. The number of halogens is 4. The van der Waals surface area contributed by atoms with E-state index in [0.717, 1.165) is 38.5 Å². The Morgan fingerprint density at radius 3 is 0.839 bits per heavy atom. The lowest BCUT2D eigenvalue weighted by Crippen LogP contribution is -2.14. The lowest BCUT2D eigenvalue weighted by molar-refractivity contribution is -0.148. The van der Waals surface area contributed by atoms with Gasteiger partial charge in [-0.05, 0) is 112 Å². The zero-order valence-electron chi connectivity index (χ0n) is 31.8. The molecule has 56 heavy (non-hydrogen) atoms. The van der Waals surface area contributed by atoms with Crippen molar-refractivity contribution in [1.82, 2.24) is 0 Å². The second kappa shape index (κ2) is 48.1. The summed E-state index contributed by atoms with van der Waals surface area (Å²) in [5.74, 6) is -1.07. The average molecular weight is 941 g/mol. The Balaban J connectivity index is -0.000000934. The second-order valence-electron chi connectivity index (χ2n) is 11.2. The van der Waals surface area contributed by atoms with Crippen molar-refractivity contribution in [1.29, 1.82) is 0 Å². The van der Waals surface area contributed by atoms with Gasteiger partial charge in [0.1, 0.15) is 26.4 Å². The topological polar surface area (TPSA) is 183 Å². The van der Waals surface area contributed by atoms with E-state index in [1.54, 1.807) is 0 Å². The molecule has 0 aromatic heterocycles. The van der Waals surface area contributed by atoms with Gasteiger partial charge in [-0.1, -0.05) is 48.3 Å². The van der Waals surface area contributed by atoms with Crippen LogP contribution in [-0.2, 0) is 57.1 Å². The van der Waals surface area contributed by atoms with Gasteiger partial charge in [0.05, 0.1) is 39.6 Å².